The van der Waals surface area contributed by atoms with Gasteiger partial charge in [0.25, 0.3) is 0 Å². The van der Waals surface area contributed by atoms with E-state index in [1.54, 1.807) is 31.2 Å². The highest BCUT2D eigenvalue weighted by Gasteiger charge is 2.26. The molecule has 154 valence electrons. The molecule has 0 radical (unpaired) electrons. The van der Waals surface area contributed by atoms with Crippen molar-refractivity contribution in [3.05, 3.63) is 63.8 Å². The topological polar surface area (TPSA) is 83.0 Å². The first kappa shape index (κ1) is 21.9. The third kappa shape index (κ3) is 4.21. The van der Waals surface area contributed by atoms with Crippen LogP contribution in [0.4, 0.5) is 0 Å². The van der Waals surface area contributed by atoms with Crippen molar-refractivity contribution in [2.75, 3.05) is 6.61 Å². The number of ether oxygens (including phenoxy) is 1. The molecule has 5 nitrogen and oxygen atoms in total. The van der Waals surface area contributed by atoms with Crippen LogP contribution in [0.25, 0.3) is 17.0 Å². The molecule has 30 heavy (non-hydrogen) atoms. The van der Waals surface area contributed by atoms with E-state index >= 15 is 0 Å². The van der Waals surface area contributed by atoms with Gasteiger partial charge in [-0.2, -0.15) is 5.26 Å². The van der Waals surface area contributed by atoms with Gasteiger partial charge in [0.2, 0.25) is 0 Å². The van der Waals surface area contributed by atoms with Gasteiger partial charge in [-0.15, -0.1) is 0 Å². The zero-order valence-corrected chi connectivity index (χ0v) is 18.8. The van der Waals surface area contributed by atoms with Crippen LogP contribution in [0.2, 0.25) is 5.02 Å². The molecule has 0 saturated heterocycles. The number of benzene rings is 2. The first-order valence-corrected chi connectivity index (χ1v) is 11.4. The number of hydrogen-bond donors (Lipinski definition) is 1. The summed E-state index contributed by atoms with van der Waals surface area (Å²) in [4.78, 5) is 15.7. The fraction of sp³-hybridized carbons (Fsp3) is 0.217. The number of carbonyl (C=O) groups is 1. The second-order valence-corrected chi connectivity index (χ2v) is 8.94. The number of esters is 1. The molecule has 3 aromatic rings. The Morgan fingerprint density at radius 2 is 2.07 bits per heavy atom. The standard InChI is InChI=1S/C23H22ClN2O3P/c1-4-17-15(7-6-10-25)11-14(3)12-20(17)30(28)22-18-13-16(24)8-9-19(18)26-21(22)23(27)29-5-2/h6-9,11-13,26,30H,4-5H2,1-3H3. The summed E-state index contributed by atoms with van der Waals surface area (Å²) in [5, 5.41) is 11.2. The van der Waals surface area contributed by atoms with Crippen LogP contribution in [0.1, 0.15) is 41.0 Å². The van der Waals surface area contributed by atoms with Crippen molar-refractivity contribution >= 4 is 53.0 Å². The number of halogens is 1. The van der Waals surface area contributed by atoms with E-state index in [9.17, 15) is 9.36 Å². The Morgan fingerprint density at radius 3 is 2.73 bits per heavy atom. The molecule has 1 N–H and O–H groups in total. The lowest BCUT2D eigenvalue weighted by atomic mass is 10.0. The van der Waals surface area contributed by atoms with E-state index in [-0.39, 0.29) is 12.3 Å². The molecule has 0 bridgehead atoms. The van der Waals surface area contributed by atoms with Crippen molar-refractivity contribution in [2.45, 2.75) is 27.2 Å². The first-order valence-electron chi connectivity index (χ1n) is 9.63. The third-order valence-corrected chi connectivity index (χ3v) is 6.98. The highest BCUT2D eigenvalue weighted by Crippen LogP contribution is 2.32. The van der Waals surface area contributed by atoms with Crippen LogP contribution >= 0.6 is 19.4 Å². The van der Waals surface area contributed by atoms with Gasteiger partial charge in [0.15, 0.2) is 0 Å². The summed E-state index contributed by atoms with van der Waals surface area (Å²) in [6.45, 7) is 5.83. The van der Waals surface area contributed by atoms with E-state index in [1.165, 1.54) is 6.08 Å². The highest BCUT2D eigenvalue weighted by atomic mass is 35.5. The quantitative estimate of drug-likeness (QED) is 0.335. The number of aromatic nitrogens is 1. The lowest BCUT2D eigenvalue weighted by Crippen LogP contribution is -2.19. The summed E-state index contributed by atoms with van der Waals surface area (Å²) >= 11 is 6.20. The maximum Gasteiger partial charge on any atom is 0.355 e. The Morgan fingerprint density at radius 1 is 1.30 bits per heavy atom. The van der Waals surface area contributed by atoms with Crippen LogP contribution in [0.15, 0.2) is 36.4 Å². The van der Waals surface area contributed by atoms with Crippen molar-refractivity contribution in [3.63, 3.8) is 0 Å². The molecule has 7 heteroatoms. The van der Waals surface area contributed by atoms with Crippen molar-refractivity contribution in [3.8, 4) is 6.07 Å². The second-order valence-electron chi connectivity index (χ2n) is 6.81. The molecule has 0 aliphatic carbocycles. The normalized spacial score (nSPS) is 12.2. The van der Waals surface area contributed by atoms with Crippen LogP contribution in [0.5, 0.6) is 0 Å². The number of nitrogens with zero attached hydrogens (tertiary/aromatic N) is 1. The second kappa shape index (κ2) is 9.34. The van der Waals surface area contributed by atoms with E-state index in [1.807, 2.05) is 32.0 Å². The van der Waals surface area contributed by atoms with E-state index < -0.39 is 13.8 Å². The molecule has 3 rings (SSSR count). The zero-order valence-electron chi connectivity index (χ0n) is 17.0. The average Bonchev–Trinajstić information content (AvgIpc) is 3.10. The van der Waals surface area contributed by atoms with Crippen molar-refractivity contribution in [2.24, 2.45) is 0 Å². The fourth-order valence-electron chi connectivity index (χ4n) is 3.61. The fourth-order valence-corrected chi connectivity index (χ4v) is 5.85. The largest absolute Gasteiger partial charge is 0.461 e. The Balaban J connectivity index is 2.30. The maximum absolute atomic E-state index is 13.9. The maximum atomic E-state index is 13.9. The summed E-state index contributed by atoms with van der Waals surface area (Å²) in [7, 11) is -2.60. The van der Waals surface area contributed by atoms with Gasteiger partial charge >= 0.3 is 5.97 Å². The van der Waals surface area contributed by atoms with E-state index in [0.29, 0.717) is 33.0 Å². The minimum Gasteiger partial charge on any atom is -0.461 e. The van der Waals surface area contributed by atoms with Crippen molar-refractivity contribution < 1.29 is 14.1 Å². The van der Waals surface area contributed by atoms with Crippen LogP contribution in [-0.4, -0.2) is 17.6 Å². The van der Waals surface area contributed by atoms with Crippen LogP contribution < -0.4 is 10.6 Å². The van der Waals surface area contributed by atoms with Crippen LogP contribution in [-0.2, 0) is 15.7 Å². The highest BCUT2D eigenvalue weighted by molar-refractivity contribution is 7.62. The molecule has 1 heterocycles. The molecule has 0 fully saturated rings. The number of H-pyrrole nitrogens is 1. The molecule has 0 aliphatic rings. The molecule has 2 aromatic carbocycles. The SMILES string of the molecule is CCOC(=O)c1[nH]c2ccc(Cl)cc2c1[PH](=O)c1cc(C)cc(C=CC#N)c1CC. The number of carbonyl (C=O) groups excluding carboxylic acids is 1. The predicted octanol–water partition coefficient (Wildman–Crippen LogP) is 4.92. The van der Waals surface area contributed by atoms with Gasteiger partial charge < -0.3 is 14.3 Å². The molecule has 1 atom stereocenters. The Labute approximate surface area is 181 Å². The Hall–Kier alpha value is -2.80. The van der Waals surface area contributed by atoms with E-state index in [0.717, 1.165) is 16.7 Å². The van der Waals surface area contributed by atoms with Gasteiger partial charge in [-0.05, 0) is 67.3 Å². The van der Waals surface area contributed by atoms with Crippen LogP contribution in [0.3, 0.4) is 0 Å². The third-order valence-electron chi connectivity index (χ3n) is 4.83. The number of hydrogen-bond acceptors (Lipinski definition) is 4. The minimum absolute atomic E-state index is 0.190. The van der Waals surface area contributed by atoms with Gasteiger partial charge in [0.05, 0.1) is 18.0 Å². The van der Waals surface area contributed by atoms with E-state index in [2.05, 4.69) is 4.98 Å². The predicted molar refractivity (Wildman–Crippen MR) is 123 cm³/mol. The van der Waals surface area contributed by atoms with Crippen molar-refractivity contribution in [1.29, 1.82) is 5.26 Å². The number of aromatic amines is 1. The molecule has 0 aliphatic heterocycles. The number of fused-ring (bicyclic) bond motifs is 1. The van der Waals surface area contributed by atoms with Gasteiger partial charge in [0, 0.05) is 27.3 Å². The molecule has 0 spiro atoms. The number of rotatable bonds is 6. The Kier molecular flexibility index (Phi) is 6.82. The number of nitrogens with one attached hydrogen (secondary N) is 1. The van der Waals surface area contributed by atoms with Gasteiger partial charge in [-0.25, -0.2) is 4.79 Å². The number of allylic oxidation sites excluding steroid dienone is 1. The average molecular weight is 441 g/mol. The summed E-state index contributed by atoms with van der Waals surface area (Å²) in [5.74, 6) is -0.548. The van der Waals surface area contributed by atoms with E-state index in [4.69, 9.17) is 21.6 Å². The number of nitriles is 1. The molecule has 1 aromatic heterocycles. The summed E-state index contributed by atoms with van der Waals surface area (Å²) in [6, 6.07) is 11.0. The molecular weight excluding hydrogens is 419 g/mol. The smallest absolute Gasteiger partial charge is 0.355 e. The monoisotopic (exact) mass is 440 g/mol. The summed E-state index contributed by atoms with van der Waals surface area (Å²) in [6.07, 6.45) is 3.77. The molecule has 0 amide bonds. The number of aryl methyl sites for hydroxylation is 1. The molecular formula is C23H22ClN2O3P. The van der Waals surface area contributed by atoms with Crippen LogP contribution in [0, 0.1) is 18.3 Å². The first-order chi connectivity index (χ1) is 14.4. The van der Waals surface area contributed by atoms with Gasteiger partial charge in [0.1, 0.15) is 13.5 Å². The lowest BCUT2D eigenvalue weighted by molar-refractivity contribution is 0.0522. The minimum atomic E-state index is -2.60. The molecule has 1 unspecified atom stereocenters. The zero-order chi connectivity index (χ0) is 21.8. The Bertz CT molecular complexity index is 1220. The summed E-state index contributed by atoms with van der Waals surface area (Å²) in [5.41, 5.74) is 3.53. The lowest BCUT2D eigenvalue weighted by Gasteiger charge is -2.14. The summed E-state index contributed by atoms with van der Waals surface area (Å²) < 4.78 is 19.1. The van der Waals surface area contributed by atoms with Crippen molar-refractivity contribution in [1.82, 2.24) is 4.98 Å². The van der Waals surface area contributed by atoms with Gasteiger partial charge in [-0.3, -0.25) is 0 Å². The molecule has 0 saturated carbocycles. The van der Waals surface area contributed by atoms with Gasteiger partial charge in [-0.1, -0.05) is 24.6 Å².